The van der Waals surface area contributed by atoms with Gasteiger partial charge in [-0.2, -0.15) is 0 Å². The molecular formula is C32H29FN2O2. The molecule has 0 amide bonds. The number of hydrogen-bond donors (Lipinski definition) is 1. The van der Waals surface area contributed by atoms with Crippen LogP contribution in [-0.4, -0.2) is 23.4 Å². The lowest BCUT2D eigenvalue weighted by atomic mass is 9.81. The molecule has 4 nitrogen and oxygen atoms in total. The van der Waals surface area contributed by atoms with E-state index in [4.69, 9.17) is 0 Å². The standard InChI is InChI=1S/C32H29FN2O2/c1-31(2)22-12-6-8-14-24(22)34-26(31)16-10-5-11-20-19-21(30(37)28(33)29(20)36)17-18-27-32(3,4)23-13-7-9-15-25(23)35-27/h5-19,28,34H,1-4H3/b10-5+,18-17+,20-11-,26-16-. The second kappa shape index (κ2) is 9.07. The molecule has 3 aliphatic rings. The van der Waals surface area contributed by atoms with E-state index in [1.54, 1.807) is 24.3 Å². The van der Waals surface area contributed by atoms with Crippen molar-refractivity contribution >= 4 is 28.7 Å². The summed E-state index contributed by atoms with van der Waals surface area (Å²) in [7, 11) is 0. The summed E-state index contributed by atoms with van der Waals surface area (Å²) < 4.78 is 14.7. The molecule has 2 heterocycles. The van der Waals surface area contributed by atoms with Crippen LogP contribution in [0.25, 0.3) is 0 Å². The van der Waals surface area contributed by atoms with Crippen molar-refractivity contribution in [3.05, 3.63) is 119 Å². The van der Waals surface area contributed by atoms with Gasteiger partial charge in [0.15, 0.2) is 0 Å². The Morgan fingerprint density at radius 3 is 2.24 bits per heavy atom. The number of Topliss-reactive ketones (excluding diaryl/α,β-unsaturated/α-hetero) is 2. The van der Waals surface area contributed by atoms with E-state index in [2.05, 4.69) is 44.1 Å². The normalized spacial score (nSPS) is 24.0. The molecule has 0 radical (unpaired) electrons. The average Bonchev–Trinajstić information content (AvgIpc) is 3.29. The first-order valence-corrected chi connectivity index (χ1v) is 12.4. The van der Waals surface area contributed by atoms with E-state index in [9.17, 15) is 14.0 Å². The number of carbonyl (C=O) groups is 2. The SMILES string of the molecule is CC1(C)C(/C=C/C2=CC(=C/C=C/C=C3\Nc4ccccc4C3(C)C)/C(=O)C(F)C2=O)=Nc2ccccc21. The topological polar surface area (TPSA) is 58.5 Å². The lowest BCUT2D eigenvalue weighted by Gasteiger charge is -2.20. The molecule has 0 aromatic heterocycles. The monoisotopic (exact) mass is 492 g/mol. The van der Waals surface area contributed by atoms with Crippen LogP contribution in [0.4, 0.5) is 15.8 Å². The van der Waals surface area contributed by atoms with Gasteiger partial charge in [-0.3, -0.25) is 14.6 Å². The number of alkyl halides is 1. The smallest absolute Gasteiger partial charge is 0.225 e. The van der Waals surface area contributed by atoms with Crippen LogP contribution in [0.15, 0.2) is 113 Å². The molecule has 1 aliphatic carbocycles. The molecule has 2 aliphatic heterocycles. The molecule has 1 unspecified atom stereocenters. The summed E-state index contributed by atoms with van der Waals surface area (Å²) in [6, 6.07) is 16.0. The zero-order chi connectivity index (χ0) is 26.4. The Balaban J connectivity index is 1.38. The predicted octanol–water partition coefficient (Wildman–Crippen LogP) is 6.79. The zero-order valence-electron chi connectivity index (χ0n) is 21.4. The third-order valence-electron chi connectivity index (χ3n) is 7.41. The highest BCUT2D eigenvalue weighted by Gasteiger charge is 2.36. The maximum absolute atomic E-state index is 14.7. The first kappa shape index (κ1) is 24.6. The molecule has 5 rings (SSSR count). The van der Waals surface area contributed by atoms with E-state index >= 15 is 0 Å². The Kier molecular flexibility index (Phi) is 6.03. The fraction of sp³-hybridized carbons (Fsp3) is 0.219. The van der Waals surface area contributed by atoms with Gasteiger partial charge >= 0.3 is 0 Å². The van der Waals surface area contributed by atoms with E-state index in [-0.39, 0.29) is 22.0 Å². The number of nitrogens with one attached hydrogen (secondary N) is 1. The van der Waals surface area contributed by atoms with Gasteiger partial charge in [-0.1, -0.05) is 82.3 Å². The van der Waals surface area contributed by atoms with Gasteiger partial charge in [-0.05, 0) is 47.6 Å². The number of carbonyl (C=O) groups excluding carboxylic acids is 2. The van der Waals surface area contributed by atoms with Crippen LogP contribution in [0, 0.1) is 0 Å². The maximum atomic E-state index is 14.7. The van der Waals surface area contributed by atoms with Gasteiger partial charge < -0.3 is 5.32 Å². The fourth-order valence-electron chi connectivity index (χ4n) is 5.05. The van der Waals surface area contributed by atoms with E-state index in [0.29, 0.717) is 0 Å². The number of halogens is 1. The highest BCUT2D eigenvalue weighted by molar-refractivity contribution is 6.24. The number of para-hydroxylation sites is 2. The minimum Gasteiger partial charge on any atom is -0.358 e. The minimum absolute atomic E-state index is 0.147. The van der Waals surface area contributed by atoms with Crippen LogP contribution in [-0.2, 0) is 20.4 Å². The van der Waals surface area contributed by atoms with E-state index < -0.39 is 17.7 Å². The summed E-state index contributed by atoms with van der Waals surface area (Å²) in [6.45, 7) is 8.40. The van der Waals surface area contributed by atoms with Crippen molar-refractivity contribution in [3.63, 3.8) is 0 Å². The number of allylic oxidation sites excluding steroid dienone is 10. The molecule has 0 spiro atoms. The van der Waals surface area contributed by atoms with Crippen molar-refractivity contribution < 1.29 is 14.0 Å². The molecular weight excluding hydrogens is 463 g/mol. The Hall–Kier alpha value is -4.12. The first-order chi connectivity index (χ1) is 17.6. The Labute approximate surface area is 216 Å². The zero-order valence-corrected chi connectivity index (χ0v) is 21.4. The summed E-state index contributed by atoms with van der Waals surface area (Å²) in [5, 5.41) is 3.43. The molecule has 2 aromatic rings. The molecule has 5 heteroatoms. The molecule has 1 N–H and O–H groups in total. The Bertz CT molecular complexity index is 1500. The van der Waals surface area contributed by atoms with E-state index in [1.807, 2.05) is 54.6 Å². The van der Waals surface area contributed by atoms with Gasteiger partial charge in [0.05, 0.1) is 11.4 Å². The molecule has 0 bridgehead atoms. The summed E-state index contributed by atoms with van der Waals surface area (Å²) >= 11 is 0. The summed E-state index contributed by atoms with van der Waals surface area (Å²) in [5.74, 6) is -1.65. The third kappa shape index (κ3) is 4.25. The number of ketones is 2. The molecule has 0 fully saturated rings. The van der Waals surface area contributed by atoms with Gasteiger partial charge in [-0.15, -0.1) is 0 Å². The second-order valence-corrected chi connectivity index (χ2v) is 10.5. The number of nitrogens with zero attached hydrogens (tertiary/aromatic N) is 1. The molecule has 1 atom stereocenters. The van der Waals surface area contributed by atoms with Crippen LogP contribution in [0.3, 0.4) is 0 Å². The Morgan fingerprint density at radius 1 is 0.838 bits per heavy atom. The van der Waals surface area contributed by atoms with Gasteiger partial charge in [0.25, 0.3) is 0 Å². The van der Waals surface area contributed by atoms with Crippen molar-refractivity contribution in [2.75, 3.05) is 5.32 Å². The lowest BCUT2D eigenvalue weighted by molar-refractivity contribution is -0.130. The van der Waals surface area contributed by atoms with Crippen molar-refractivity contribution in [2.24, 2.45) is 4.99 Å². The van der Waals surface area contributed by atoms with E-state index in [1.165, 1.54) is 11.6 Å². The molecule has 186 valence electrons. The van der Waals surface area contributed by atoms with Crippen LogP contribution >= 0.6 is 0 Å². The number of benzene rings is 2. The molecule has 0 saturated heterocycles. The van der Waals surface area contributed by atoms with Crippen molar-refractivity contribution in [3.8, 4) is 0 Å². The number of aliphatic imine (C=N–C) groups is 1. The Morgan fingerprint density at radius 2 is 1.51 bits per heavy atom. The van der Waals surface area contributed by atoms with Crippen molar-refractivity contribution in [1.82, 2.24) is 0 Å². The molecule has 37 heavy (non-hydrogen) atoms. The van der Waals surface area contributed by atoms with Gasteiger partial charge in [-0.25, -0.2) is 4.39 Å². The maximum Gasteiger partial charge on any atom is 0.225 e. The minimum atomic E-state index is -2.21. The largest absolute Gasteiger partial charge is 0.358 e. The second-order valence-electron chi connectivity index (χ2n) is 10.5. The third-order valence-corrected chi connectivity index (χ3v) is 7.41. The van der Waals surface area contributed by atoms with Crippen molar-refractivity contribution in [1.29, 1.82) is 0 Å². The van der Waals surface area contributed by atoms with Gasteiger partial charge in [0.2, 0.25) is 17.7 Å². The highest BCUT2D eigenvalue weighted by Crippen LogP contribution is 2.43. The number of rotatable bonds is 4. The molecule has 2 aromatic carbocycles. The molecule has 0 saturated carbocycles. The lowest BCUT2D eigenvalue weighted by Crippen LogP contribution is -2.31. The summed E-state index contributed by atoms with van der Waals surface area (Å²) in [6.07, 6.45) is 9.57. The highest BCUT2D eigenvalue weighted by atomic mass is 19.1. The number of fused-ring (bicyclic) bond motifs is 2. The van der Waals surface area contributed by atoms with Crippen LogP contribution < -0.4 is 5.32 Å². The van der Waals surface area contributed by atoms with Crippen LogP contribution in [0.1, 0.15) is 38.8 Å². The number of hydrogen-bond acceptors (Lipinski definition) is 4. The predicted molar refractivity (Wildman–Crippen MR) is 147 cm³/mol. The van der Waals surface area contributed by atoms with Crippen LogP contribution in [0.2, 0.25) is 0 Å². The first-order valence-electron chi connectivity index (χ1n) is 12.4. The van der Waals surface area contributed by atoms with Crippen LogP contribution in [0.5, 0.6) is 0 Å². The van der Waals surface area contributed by atoms with E-state index in [0.717, 1.165) is 28.3 Å². The summed E-state index contributed by atoms with van der Waals surface area (Å²) in [4.78, 5) is 29.7. The van der Waals surface area contributed by atoms with Gasteiger partial charge in [0.1, 0.15) is 0 Å². The quantitative estimate of drug-likeness (QED) is 0.378. The number of anilines is 1. The van der Waals surface area contributed by atoms with Crippen molar-refractivity contribution in [2.45, 2.75) is 44.7 Å². The average molecular weight is 493 g/mol. The fourth-order valence-corrected chi connectivity index (χ4v) is 5.05. The van der Waals surface area contributed by atoms with Gasteiger partial charge in [0, 0.05) is 33.4 Å². The summed E-state index contributed by atoms with van der Waals surface area (Å²) in [5.41, 5.74) is 5.85.